The monoisotopic (exact) mass is 394 g/mol. The van der Waals surface area contributed by atoms with Crippen molar-refractivity contribution in [1.82, 2.24) is 24.5 Å². The van der Waals surface area contributed by atoms with Gasteiger partial charge < -0.3 is 19.9 Å². The Labute approximate surface area is 167 Å². The summed E-state index contributed by atoms with van der Waals surface area (Å²) in [6.45, 7) is 2.91. The highest BCUT2D eigenvalue weighted by molar-refractivity contribution is 5.92. The molecule has 1 fully saturated rings. The van der Waals surface area contributed by atoms with E-state index in [1.165, 1.54) is 0 Å². The second kappa shape index (κ2) is 7.28. The van der Waals surface area contributed by atoms with E-state index in [-0.39, 0.29) is 6.04 Å². The van der Waals surface area contributed by atoms with Crippen LogP contribution in [0.3, 0.4) is 0 Å². The molecule has 5 heterocycles. The van der Waals surface area contributed by atoms with Gasteiger partial charge in [-0.1, -0.05) is 5.16 Å². The minimum Gasteiger partial charge on any atom is -0.461 e. The lowest BCUT2D eigenvalue weighted by Gasteiger charge is -2.27. The third-order valence-corrected chi connectivity index (χ3v) is 5.39. The van der Waals surface area contributed by atoms with E-state index in [0.717, 1.165) is 55.9 Å². The van der Waals surface area contributed by atoms with Gasteiger partial charge in [0.1, 0.15) is 7.11 Å². The molecule has 2 aliphatic rings. The van der Waals surface area contributed by atoms with Crippen molar-refractivity contribution < 1.29 is 9.25 Å². The van der Waals surface area contributed by atoms with Crippen LogP contribution in [0.1, 0.15) is 36.6 Å². The summed E-state index contributed by atoms with van der Waals surface area (Å²) in [7, 11) is 1.59. The zero-order valence-corrected chi connectivity index (χ0v) is 16.2. The lowest BCUT2D eigenvalue weighted by Crippen LogP contribution is -2.35. The Kier molecular flexibility index (Phi) is 4.47. The van der Waals surface area contributed by atoms with Gasteiger partial charge in [-0.3, -0.25) is 4.99 Å². The van der Waals surface area contributed by atoms with Crippen LogP contribution in [0.4, 0.5) is 5.95 Å². The summed E-state index contributed by atoms with van der Waals surface area (Å²) in [5.41, 5.74) is 9.70. The summed E-state index contributed by atoms with van der Waals surface area (Å²) in [4.78, 5) is 21.2. The maximum atomic E-state index is 6.17. The molecule has 2 aliphatic heterocycles. The zero-order chi connectivity index (χ0) is 19.8. The fourth-order valence-corrected chi connectivity index (χ4v) is 3.89. The van der Waals surface area contributed by atoms with Gasteiger partial charge in [0, 0.05) is 38.7 Å². The van der Waals surface area contributed by atoms with E-state index in [9.17, 15) is 0 Å². The second-order valence-corrected chi connectivity index (χ2v) is 7.18. The first-order valence-corrected chi connectivity index (χ1v) is 9.67. The summed E-state index contributed by atoms with van der Waals surface area (Å²) >= 11 is 0. The van der Waals surface area contributed by atoms with E-state index in [1.54, 1.807) is 24.0 Å². The number of hydrogen-bond donors (Lipinski definition) is 1. The minimum atomic E-state index is -0.0184. The molecule has 150 valence electrons. The van der Waals surface area contributed by atoms with Gasteiger partial charge in [0.25, 0.3) is 0 Å². The average Bonchev–Trinajstić information content (AvgIpc) is 3.47. The first-order chi connectivity index (χ1) is 14.2. The summed E-state index contributed by atoms with van der Waals surface area (Å²) < 4.78 is 6.95. The number of nitrogens with zero attached hydrogens (tertiary/aromatic N) is 7. The molecular weight excluding hydrogens is 372 g/mol. The van der Waals surface area contributed by atoms with Crippen molar-refractivity contribution in [3.8, 4) is 11.6 Å². The smallest absolute Gasteiger partial charge is 0.223 e. The number of oxime groups is 1. The molecule has 0 amide bonds. The highest BCUT2D eigenvalue weighted by Crippen LogP contribution is 2.32. The molecule has 0 radical (unpaired) electrons. The standard InChI is InChI=1S/C19H22N8O2/c1-28-25-12-4-7-26(8-5-12)9-6-14-16-13(11-21-14)18-23-17(15-3-2-10-29-15)24-27(18)19(20)22-16/h2-3,10-11,14H,4-9H2,1H3,(H2,20,22). The normalized spacial score (nSPS) is 19.1. The predicted molar refractivity (Wildman–Crippen MR) is 108 cm³/mol. The third-order valence-electron chi connectivity index (χ3n) is 5.39. The van der Waals surface area contributed by atoms with Crippen LogP contribution in [0.5, 0.6) is 0 Å². The van der Waals surface area contributed by atoms with Crippen molar-refractivity contribution in [2.75, 3.05) is 32.5 Å². The molecular formula is C19H22N8O2. The van der Waals surface area contributed by atoms with Gasteiger partial charge in [0.2, 0.25) is 11.8 Å². The molecule has 1 atom stereocenters. The van der Waals surface area contributed by atoms with E-state index in [1.807, 2.05) is 12.3 Å². The first kappa shape index (κ1) is 17.8. The SMILES string of the molecule is CON=C1CCN(CCC2N=Cc3c2nc(N)n2nc(-c4ccco4)nc32)CC1. The number of nitrogens with two attached hydrogens (primary N) is 1. The Balaban J connectivity index is 1.34. The maximum Gasteiger partial charge on any atom is 0.223 e. The fraction of sp³-hybridized carbons (Fsp3) is 0.421. The van der Waals surface area contributed by atoms with Crippen molar-refractivity contribution in [2.24, 2.45) is 10.1 Å². The van der Waals surface area contributed by atoms with Gasteiger partial charge in [-0.15, -0.1) is 5.10 Å². The summed E-state index contributed by atoms with van der Waals surface area (Å²) in [6.07, 6.45) is 6.19. The molecule has 3 aromatic rings. The Morgan fingerprint density at radius 1 is 1.31 bits per heavy atom. The topological polar surface area (TPSA) is 119 Å². The number of nitrogen functional groups attached to an aromatic ring is 1. The molecule has 0 spiro atoms. The van der Waals surface area contributed by atoms with Crippen LogP contribution < -0.4 is 5.73 Å². The van der Waals surface area contributed by atoms with Crippen LogP contribution in [0.2, 0.25) is 0 Å². The van der Waals surface area contributed by atoms with Crippen molar-refractivity contribution >= 4 is 23.5 Å². The Morgan fingerprint density at radius 2 is 2.17 bits per heavy atom. The molecule has 5 rings (SSSR count). The zero-order valence-electron chi connectivity index (χ0n) is 16.2. The molecule has 10 heteroatoms. The molecule has 10 nitrogen and oxygen atoms in total. The molecule has 29 heavy (non-hydrogen) atoms. The Morgan fingerprint density at radius 3 is 2.93 bits per heavy atom. The third kappa shape index (κ3) is 3.25. The van der Waals surface area contributed by atoms with Gasteiger partial charge >= 0.3 is 0 Å². The molecule has 3 aromatic heterocycles. The average molecular weight is 394 g/mol. The number of fused-ring (bicyclic) bond motifs is 3. The second-order valence-electron chi connectivity index (χ2n) is 7.18. The van der Waals surface area contributed by atoms with Crippen molar-refractivity contribution in [1.29, 1.82) is 0 Å². The highest BCUT2D eigenvalue weighted by atomic mass is 16.6. The van der Waals surface area contributed by atoms with Crippen molar-refractivity contribution in [3.05, 3.63) is 29.7 Å². The summed E-state index contributed by atoms with van der Waals surface area (Å²) in [5, 5.41) is 8.50. The number of aromatic nitrogens is 4. The van der Waals surface area contributed by atoms with Crippen molar-refractivity contribution in [3.63, 3.8) is 0 Å². The van der Waals surface area contributed by atoms with Crippen molar-refractivity contribution in [2.45, 2.75) is 25.3 Å². The van der Waals surface area contributed by atoms with Gasteiger partial charge in [0.15, 0.2) is 11.4 Å². The van der Waals surface area contributed by atoms with Gasteiger partial charge in [-0.2, -0.15) is 4.52 Å². The number of likely N-dealkylation sites (tertiary alicyclic amines) is 1. The Hall–Kier alpha value is -3.27. The fourth-order valence-electron chi connectivity index (χ4n) is 3.89. The van der Waals surface area contributed by atoms with E-state index < -0.39 is 0 Å². The molecule has 0 aromatic carbocycles. The molecule has 2 N–H and O–H groups in total. The lowest BCUT2D eigenvalue weighted by molar-refractivity contribution is 0.204. The van der Waals surface area contributed by atoms with E-state index in [2.05, 4.69) is 30.1 Å². The molecule has 0 saturated carbocycles. The molecule has 0 aliphatic carbocycles. The highest BCUT2D eigenvalue weighted by Gasteiger charge is 2.27. The number of rotatable bonds is 5. The maximum absolute atomic E-state index is 6.17. The number of anilines is 1. The first-order valence-electron chi connectivity index (χ1n) is 9.67. The van der Waals surface area contributed by atoms with E-state index in [0.29, 0.717) is 23.2 Å². The largest absolute Gasteiger partial charge is 0.461 e. The number of piperidine rings is 1. The predicted octanol–water partition coefficient (Wildman–Crippen LogP) is 1.93. The van der Waals surface area contributed by atoms with Gasteiger partial charge in [-0.25, -0.2) is 9.97 Å². The molecule has 1 unspecified atom stereocenters. The number of aliphatic imine (C=N–C) groups is 1. The molecule has 1 saturated heterocycles. The summed E-state index contributed by atoms with van der Waals surface area (Å²) in [6, 6.07) is 3.60. The summed E-state index contributed by atoms with van der Waals surface area (Å²) in [5.74, 6) is 1.38. The number of hydrogen-bond acceptors (Lipinski definition) is 9. The Bertz CT molecular complexity index is 1080. The quantitative estimate of drug-likeness (QED) is 0.657. The number of furan rings is 1. The van der Waals surface area contributed by atoms with Crippen LogP contribution in [-0.2, 0) is 4.84 Å². The van der Waals surface area contributed by atoms with Crippen LogP contribution in [0.15, 0.2) is 33.0 Å². The lowest BCUT2D eigenvalue weighted by atomic mass is 10.1. The van der Waals surface area contributed by atoms with Gasteiger partial charge in [0.05, 0.1) is 29.3 Å². The van der Waals surface area contributed by atoms with E-state index >= 15 is 0 Å². The van der Waals surface area contributed by atoms with E-state index in [4.69, 9.17) is 15.0 Å². The van der Waals surface area contributed by atoms with Crippen LogP contribution in [-0.4, -0.2) is 63.2 Å². The van der Waals surface area contributed by atoms with Crippen LogP contribution in [0.25, 0.3) is 17.2 Å². The van der Waals surface area contributed by atoms with Gasteiger partial charge in [-0.05, 0) is 18.6 Å². The molecule has 0 bridgehead atoms. The van der Waals surface area contributed by atoms with Crippen LogP contribution >= 0.6 is 0 Å². The van der Waals surface area contributed by atoms with Crippen LogP contribution in [0, 0.1) is 0 Å². The minimum absolute atomic E-state index is 0.0184.